The molecule has 3 aromatic carbocycles. The maximum atomic E-state index is 12.2. The Morgan fingerprint density at radius 1 is 0.617 bits per heavy atom. The number of carbonyl (C=O) groups is 2. The van der Waals surface area contributed by atoms with Crippen molar-refractivity contribution in [1.29, 1.82) is 0 Å². The molecule has 0 aromatic heterocycles. The van der Waals surface area contributed by atoms with E-state index in [4.69, 9.17) is 0 Å². The van der Waals surface area contributed by atoms with Crippen LogP contribution in [0.5, 0.6) is 0 Å². The van der Waals surface area contributed by atoms with E-state index in [1.807, 2.05) is 54.6 Å². The van der Waals surface area contributed by atoms with Crippen LogP contribution in [-0.2, 0) is 29.0 Å². The summed E-state index contributed by atoms with van der Waals surface area (Å²) in [7, 11) is 6.87. The Labute approximate surface area is 299 Å². The predicted octanol–water partition coefficient (Wildman–Crippen LogP) is -4.19. The number of hydrogen-bond donors (Lipinski definition) is 2. The van der Waals surface area contributed by atoms with Crippen molar-refractivity contribution in [2.45, 2.75) is 25.8 Å². The number of halogens is 3. The summed E-state index contributed by atoms with van der Waals surface area (Å²) in [6, 6.07) is 26.1. The molecule has 2 atom stereocenters. The van der Waals surface area contributed by atoms with Gasteiger partial charge in [-0.05, 0) is 35.1 Å². The fraction of sp³-hybridized carbons (Fsp3) is 0.459. The number of benzene rings is 3. The molecule has 0 unspecified atom stereocenters. The molecule has 2 bridgehead atoms. The maximum absolute atomic E-state index is 12.2. The third-order valence-electron chi connectivity index (χ3n) is 10.2. The van der Waals surface area contributed by atoms with E-state index < -0.39 is 23.8 Å². The Morgan fingerprint density at radius 2 is 1.02 bits per heavy atom. The normalized spacial score (nSPS) is 21.3. The smallest absolute Gasteiger partial charge is 0.307 e. The largest absolute Gasteiger partial charge is 1.00 e. The number of quaternary nitrogens is 3. The summed E-state index contributed by atoms with van der Waals surface area (Å²) in [5.41, 5.74) is 5.25. The van der Waals surface area contributed by atoms with Gasteiger partial charge >= 0.3 is 11.9 Å². The zero-order chi connectivity index (χ0) is 31.4. The molecule has 0 aliphatic carbocycles. The lowest BCUT2D eigenvalue weighted by Gasteiger charge is -2.55. The van der Waals surface area contributed by atoms with Gasteiger partial charge in [-0.25, -0.2) is 0 Å². The Bertz CT molecular complexity index is 1410. The van der Waals surface area contributed by atoms with Crippen LogP contribution >= 0.6 is 0 Å². The van der Waals surface area contributed by atoms with Gasteiger partial charge in [0.2, 0.25) is 0 Å². The minimum absolute atomic E-state index is 0. The zero-order valence-corrected chi connectivity index (χ0v) is 30.1. The van der Waals surface area contributed by atoms with Crippen molar-refractivity contribution >= 4 is 11.9 Å². The topological polar surface area (TPSA) is 74.6 Å². The molecule has 3 aliphatic rings. The fourth-order valence-electron chi connectivity index (χ4n) is 7.35. The number of piperazine rings is 3. The molecule has 3 fully saturated rings. The Hall–Kier alpha value is -2.65. The standard InChI is InChI=1S/C37H48N3O4.3ClH/c1-38(2,3)18-7-19-39-20-23-40(24-21-39,25-22-39)28-31-12-16-33(17-13-31)32-14-10-30(11-15-32)27-35(37(43)44)34(36(41)42)26-29-8-5-4-6-9-29;;;/h4-6,8-17,34-35H,7,18-28H2,1-3H3;3*1H/q+1;;;/p-1/t34-,35-,39?,40?;;;/m0.../s1. The molecule has 3 aromatic rings. The molecule has 0 spiro atoms. The third kappa shape index (κ3) is 10.7. The lowest BCUT2D eigenvalue weighted by Crippen LogP contribution is -3.00. The van der Waals surface area contributed by atoms with Gasteiger partial charge in [-0.15, -0.1) is 0 Å². The number of nitrogens with zero attached hydrogens (tertiary/aromatic N) is 3. The molecule has 6 rings (SSSR count). The summed E-state index contributed by atoms with van der Waals surface area (Å²) < 4.78 is 3.59. The van der Waals surface area contributed by atoms with Gasteiger partial charge in [0.1, 0.15) is 45.8 Å². The second-order valence-electron chi connectivity index (χ2n) is 14.5. The summed E-state index contributed by atoms with van der Waals surface area (Å²) in [6.07, 6.45) is 1.67. The van der Waals surface area contributed by atoms with E-state index >= 15 is 0 Å². The highest BCUT2D eigenvalue weighted by Crippen LogP contribution is 2.31. The first kappa shape index (κ1) is 40.5. The molecule has 10 heteroatoms. The molecule has 3 saturated heterocycles. The highest BCUT2D eigenvalue weighted by Gasteiger charge is 2.48. The van der Waals surface area contributed by atoms with Crippen LogP contribution < -0.4 is 37.2 Å². The highest BCUT2D eigenvalue weighted by atomic mass is 35.5. The number of rotatable bonds is 14. The maximum Gasteiger partial charge on any atom is 0.307 e. The van der Waals surface area contributed by atoms with Gasteiger partial charge < -0.3 is 60.9 Å². The van der Waals surface area contributed by atoms with Crippen molar-refractivity contribution in [3.63, 3.8) is 0 Å². The van der Waals surface area contributed by atoms with Crippen LogP contribution in [0.25, 0.3) is 11.1 Å². The Morgan fingerprint density at radius 3 is 1.45 bits per heavy atom. The average Bonchev–Trinajstić information content (AvgIpc) is 3.00. The fourth-order valence-corrected chi connectivity index (χ4v) is 7.35. The van der Waals surface area contributed by atoms with E-state index in [-0.39, 0.29) is 50.1 Å². The molecule has 3 aliphatic heterocycles. The molecule has 0 saturated carbocycles. The summed E-state index contributed by atoms with van der Waals surface area (Å²) in [6.45, 7) is 11.4. The van der Waals surface area contributed by atoms with Crippen molar-refractivity contribution in [2.24, 2.45) is 11.8 Å². The summed E-state index contributed by atoms with van der Waals surface area (Å²) in [4.78, 5) is 24.3. The molecule has 3 heterocycles. The third-order valence-corrected chi connectivity index (χ3v) is 10.2. The lowest BCUT2D eigenvalue weighted by molar-refractivity contribution is -1.09. The van der Waals surface area contributed by atoms with Crippen LogP contribution in [0, 0.1) is 11.8 Å². The highest BCUT2D eigenvalue weighted by molar-refractivity contribution is 5.80. The van der Waals surface area contributed by atoms with Crippen LogP contribution in [0.3, 0.4) is 0 Å². The summed E-state index contributed by atoms with van der Waals surface area (Å²) in [5, 5.41) is 19.8. The first-order chi connectivity index (χ1) is 20.9. The first-order valence-corrected chi connectivity index (χ1v) is 16.1. The molecule has 0 amide bonds. The van der Waals surface area contributed by atoms with Gasteiger partial charge in [-0.3, -0.25) is 9.59 Å². The number of hydrogen-bond acceptors (Lipinski definition) is 2. The number of carboxylic acids is 2. The van der Waals surface area contributed by atoms with E-state index in [2.05, 4.69) is 45.4 Å². The van der Waals surface area contributed by atoms with E-state index in [0.717, 1.165) is 33.3 Å². The van der Waals surface area contributed by atoms with Gasteiger partial charge in [0.25, 0.3) is 0 Å². The SMILES string of the molecule is C[N+](C)(C)CCC[N+]12CC[N+](Cc3ccc(-c4ccc(C[C@H](C(=O)O)[C@H](Cc5ccccc5)C(=O)O)cc4)cc3)(CC1)CC2.[Cl-].[Cl-].[Cl-]. The van der Waals surface area contributed by atoms with Crippen LogP contribution in [0.2, 0.25) is 0 Å². The Balaban J connectivity index is 0.00000256. The molecule has 258 valence electrons. The average molecular weight is 707 g/mol. The molecule has 2 N–H and O–H groups in total. The van der Waals surface area contributed by atoms with Crippen molar-refractivity contribution in [2.75, 3.05) is 73.5 Å². The molecular weight excluding hydrogens is 657 g/mol. The van der Waals surface area contributed by atoms with E-state index in [9.17, 15) is 19.8 Å². The minimum atomic E-state index is -1.08. The van der Waals surface area contributed by atoms with Crippen molar-refractivity contribution < 1.29 is 70.5 Å². The second-order valence-corrected chi connectivity index (χ2v) is 14.5. The predicted molar refractivity (Wildman–Crippen MR) is 174 cm³/mol. The zero-order valence-electron chi connectivity index (χ0n) is 27.8. The van der Waals surface area contributed by atoms with E-state index in [0.29, 0.717) is 0 Å². The second kappa shape index (κ2) is 17.1. The van der Waals surface area contributed by atoms with Crippen molar-refractivity contribution in [3.8, 4) is 11.1 Å². The van der Waals surface area contributed by atoms with Gasteiger partial charge in [-0.2, -0.15) is 0 Å². The van der Waals surface area contributed by atoms with Gasteiger partial charge in [-0.1, -0.05) is 78.9 Å². The molecule has 47 heavy (non-hydrogen) atoms. The molecule has 0 radical (unpaired) electrons. The van der Waals surface area contributed by atoms with Gasteiger partial charge in [0.15, 0.2) is 0 Å². The van der Waals surface area contributed by atoms with Gasteiger partial charge in [0, 0.05) is 12.0 Å². The number of fused-ring (bicyclic) bond motifs is 3. The molecule has 7 nitrogen and oxygen atoms in total. The van der Waals surface area contributed by atoms with Crippen LogP contribution in [0.1, 0.15) is 23.1 Å². The van der Waals surface area contributed by atoms with E-state index in [1.165, 1.54) is 73.3 Å². The quantitative estimate of drug-likeness (QED) is 0.167. The summed E-state index contributed by atoms with van der Waals surface area (Å²) >= 11 is 0. The summed E-state index contributed by atoms with van der Waals surface area (Å²) in [5.74, 6) is -4.17. The van der Waals surface area contributed by atoms with Crippen LogP contribution in [-0.4, -0.2) is 109 Å². The monoisotopic (exact) mass is 705 g/mol. The Kier molecular flexibility index (Phi) is 14.8. The van der Waals surface area contributed by atoms with Crippen molar-refractivity contribution in [3.05, 3.63) is 95.6 Å². The van der Waals surface area contributed by atoms with Crippen molar-refractivity contribution in [1.82, 2.24) is 0 Å². The van der Waals surface area contributed by atoms with Gasteiger partial charge in [0.05, 0.1) is 46.1 Å². The van der Waals surface area contributed by atoms with Crippen LogP contribution in [0.4, 0.5) is 0 Å². The lowest BCUT2D eigenvalue weighted by atomic mass is 9.82. The first-order valence-electron chi connectivity index (χ1n) is 16.1. The van der Waals surface area contributed by atoms with E-state index in [1.54, 1.807) is 0 Å². The number of aliphatic carboxylic acids is 2. The minimum Gasteiger partial charge on any atom is -1.00 e. The molecular formula is C37H50Cl3N3O4. The number of carboxylic acid groups (broad SMARTS) is 2. The van der Waals surface area contributed by atoms with Crippen LogP contribution in [0.15, 0.2) is 78.9 Å².